The van der Waals surface area contributed by atoms with Crippen LogP contribution >= 0.6 is 11.8 Å². The molecule has 1 saturated carbocycles. The molecule has 1 aliphatic carbocycles. The molecule has 2 fully saturated rings. The smallest absolute Gasteiger partial charge is 0.254 e. The van der Waals surface area contributed by atoms with Crippen LogP contribution in [0.4, 0.5) is 0 Å². The van der Waals surface area contributed by atoms with Crippen LogP contribution in [0.2, 0.25) is 0 Å². The molecule has 24 heavy (non-hydrogen) atoms. The van der Waals surface area contributed by atoms with Gasteiger partial charge in [0, 0.05) is 31.7 Å². The number of hydrogen-bond donors (Lipinski definition) is 0. The van der Waals surface area contributed by atoms with Gasteiger partial charge >= 0.3 is 0 Å². The first-order chi connectivity index (χ1) is 11.7. The van der Waals surface area contributed by atoms with Crippen molar-refractivity contribution in [3.63, 3.8) is 0 Å². The van der Waals surface area contributed by atoms with E-state index in [0.29, 0.717) is 43.2 Å². The Morgan fingerprint density at radius 3 is 2.54 bits per heavy atom. The van der Waals surface area contributed by atoms with Gasteiger partial charge in [-0.2, -0.15) is 11.8 Å². The zero-order valence-electron chi connectivity index (χ0n) is 14.1. The Morgan fingerprint density at radius 2 is 1.88 bits per heavy atom. The minimum atomic E-state index is 0.00380. The van der Waals surface area contributed by atoms with Gasteiger partial charge in [0.2, 0.25) is 5.91 Å². The molecule has 1 aliphatic heterocycles. The summed E-state index contributed by atoms with van der Waals surface area (Å²) in [4.78, 5) is 28.5. The SMILES string of the molecule is COc1cccc(C(=O)N2CCN(C(=O)CSCC3CC3)CC2)c1. The standard InChI is InChI=1S/C18H24N2O3S/c1-23-16-4-2-3-15(11-16)18(22)20-9-7-19(8-10-20)17(21)13-24-12-14-5-6-14/h2-4,11,14H,5-10,12-13H2,1H3. The maximum atomic E-state index is 12.6. The predicted molar refractivity (Wildman–Crippen MR) is 95.5 cm³/mol. The molecule has 0 unspecified atom stereocenters. The van der Waals surface area contributed by atoms with Crippen molar-refractivity contribution in [1.29, 1.82) is 0 Å². The van der Waals surface area contributed by atoms with E-state index < -0.39 is 0 Å². The summed E-state index contributed by atoms with van der Waals surface area (Å²) >= 11 is 1.75. The van der Waals surface area contributed by atoms with Gasteiger partial charge in [0.15, 0.2) is 0 Å². The molecular weight excluding hydrogens is 324 g/mol. The molecule has 0 radical (unpaired) electrons. The fourth-order valence-corrected chi connectivity index (χ4v) is 3.93. The van der Waals surface area contributed by atoms with Gasteiger partial charge in [0.25, 0.3) is 5.91 Å². The fourth-order valence-electron chi connectivity index (χ4n) is 2.79. The van der Waals surface area contributed by atoms with Crippen LogP contribution in [0.3, 0.4) is 0 Å². The van der Waals surface area contributed by atoms with E-state index in [-0.39, 0.29) is 11.8 Å². The lowest BCUT2D eigenvalue weighted by Crippen LogP contribution is -2.51. The lowest BCUT2D eigenvalue weighted by atomic mass is 10.1. The minimum absolute atomic E-state index is 0.00380. The average Bonchev–Trinajstić information content (AvgIpc) is 3.45. The van der Waals surface area contributed by atoms with E-state index in [0.717, 1.165) is 11.7 Å². The van der Waals surface area contributed by atoms with Crippen molar-refractivity contribution < 1.29 is 14.3 Å². The van der Waals surface area contributed by atoms with Crippen molar-refractivity contribution in [2.75, 3.05) is 44.8 Å². The topological polar surface area (TPSA) is 49.9 Å². The van der Waals surface area contributed by atoms with Gasteiger partial charge in [-0.25, -0.2) is 0 Å². The van der Waals surface area contributed by atoms with Crippen molar-refractivity contribution in [1.82, 2.24) is 9.80 Å². The summed E-state index contributed by atoms with van der Waals surface area (Å²) in [6.07, 6.45) is 2.65. The van der Waals surface area contributed by atoms with Gasteiger partial charge < -0.3 is 14.5 Å². The quantitative estimate of drug-likeness (QED) is 0.790. The maximum Gasteiger partial charge on any atom is 0.254 e. The summed E-state index contributed by atoms with van der Waals surface area (Å²) in [6, 6.07) is 7.21. The third-order valence-corrected chi connectivity index (χ3v) is 5.67. The Hall–Kier alpha value is -1.69. The molecule has 0 atom stereocenters. The lowest BCUT2D eigenvalue weighted by Gasteiger charge is -2.34. The third kappa shape index (κ3) is 4.44. The summed E-state index contributed by atoms with van der Waals surface area (Å²) in [5.74, 6) is 3.42. The largest absolute Gasteiger partial charge is 0.497 e. The molecule has 1 saturated heterocycles. The van der Waals surface area contributed by atoms with E-state index in [1.165, 1.54) is 12.8 Å². The molecule has 1 aromatic rings. The zero-order valence-corrected chi connectivity index (χ0v) is 14.9. The van der Waals surface area contributed by atoms with E-state index in [1.54, 1.807) is 31.0 Å². The molecule has 0 spiro atoms. The second-order valence-corrected chi connectivity index (χ2v) is 7.39. The highest BCUT2D eigenvalue weighted by atomic mass is 32.2. The Bertz CT molecular complexity index is 596. The first-order valence-electron chi connectivity index (χ1n) is 8.46. The van der Waals surface area contributed by atoms with Crippen LogP contribution in [-0.4, -0.2) is 66.4 Å². The molecule has 0 bridgehead atoms. The molecule has 3 rings (SSSR count). The van der Waals surface area contributed by atoms with Gasteiger partial charge in [-0.05, 0) is 42.7 Å². The van der Waals surface area contributed by atoms with Crippen LogP contribution in [-0.2, 0) is 4.79 Å². The normalized spacial score (nSPS) is 17.7. The van der Waals surface area contributed by atoms with Crippen LogP contribution in [0.25, 0.3) is 0 Å². The second-order valence-electron chi connectivity index (χ2n) is 6.36. The number of nitrogens with zero attached hydrogens (tertiary/aromatic N) is 2. The number of carbonyl (C=O) groups excluding carboxylic acids is 2. The monoisotopic (exact) mass is 348 g/mol. The van der Waals surface area contributed by atoms with Crippen LogP contribution in [0.5, 0.6) is 5.75 Å². The summed E-state index contributed by atoms with van der Waals surface area (Å²) in [7, 11) is 1.59. The van der Waals surface area contributed by atoms with Crippen molar-refractivity contribution in [2.24, 2.45) is 5.92 Å². The zero-order chi connectivity index (χ0) is 16.9. The number of ether oxygens (including phenoxy) is 1. The fraction of sp³-hybridized carbons (Fsp3) is 0.556. The van der Waals surface area contributed by atoms with Crippen molar-refractivity contribution in [3.05, 3.63) is 29.8 Å². The molecule has 2 amide bonds. The van der Waals surface area contributed by atoms with E-state index in [1.807, 2.05) is 21.9 Å². The van der Waals surface area contributed by atoms with Gasteiger partial charge in [0.05, 0.1) is 12.9 Å². The number of methoxy groups -OCH3 is 1. The molecule has 5 nitrogen and oxygen atoms in total. The van der Waals surface area contributed by atoms with E-state index in [9.17, 15) is 9.59 Å². The maximum absolute atomic E-state index is 12.6. The summed E-state index contributed by atoms with van der Waals surface area (Å²) in [5, 5.41) is 0. The minimum Gasteiger partial charge on any atom is -0.497 e. The first-order valence-corrected chi connectivity index (χ1v) is 9.61. The second kappa shape index (κ2) is 7.92. The molecule has 0 N–H and O–H groups in total. The molecular formula is C18H24N2O3S. The van der Waals surface area contributed by atoms with Crippen molar-refractivity contribution in [2.45, 2.75) is 12.8 Å². The molecule has 1 aromatic carbocycles. The van der Waals surface area contributed by atoms with E-state index in [2.05, 4.69) is 0 Å². The Morgan fingerprint density at radius 1 is 1.17 bits per heavy atom. The number of amides is 2. The highest BCUT2D eigenvalue weighted by Crippen LogP contribution is 2.32. The summed E-state index contributed by atoms with van der Waals surface area (Å²) in [6.45, 7) is 2.43. The number of thioether (sulfide) groups is 1. The van der Waals surface area contributed by atoms with E-state index >= 15 is 0 Å². The molecule has 130 valence electrons. The predicted octanol–water partition coefficient (Wildman–Crippen LogP) is 2.12. The molecule has 0 aromatic heterocycles. The summed E-state index contributed by atoms with van der Waals surface area (Å²) < 4.78 is 5.17. The van der Waals surface area contributed by atoms with Crippen LogP contribution in [0, 0.1) is 5.92 Å². The van der Waals surface area contributed by atoms with Gasteiger partial charge in [-0.15, -0.1) is 0 Å². The van der Waals surface area contributed by atoms with E-state index in [4.69, 9.17) is 4.74 Å². The molecule has 2 aliphatic rings. The molecule has 1 heterocycles. The highest BCUT2D eigenvalue weighted by Gasteiger charge is 2.26. The van der Waals surface area contributed by atoms with Crippen LogP contribution in [0.1, 0.15) is 23.2 Å². The Kier molecular flexibility index (Phi) is 5.66. The number of rotatable bonds is 6. The van der Waals surface area contributed by atoms with Crippen molar-refractivity contribution >= 4 is 23.6 Å². The first kappa shape index (κ1) is 17.1. The Balaban J connectivity index is 1.46. The number of benzene rings is 1. The lowest BCUT2D eigenvalue weighted by molar-refractivity contribution is -0.129. The van der Waals surface area contributed by atoms with Gasteiger partial charge in [-0.1, -0.05) is 6.07 Å². The highest BCUT2D eigenvalue weighted by molar-refractivity contribution is 7.99. The average molecular weight is 348 g/mol. The van der Waals surface area contributed by atoms with Gasteiger partial charge in [0.1, 0.15) is 5.75 Å². The van der Waals surface area contributed by atoms with Crippen LogP contribution in [0.15, 0.2) is 24.3 Å². The number of carbonyl (C=O) groups is 2. The third-order valence-electron chi connectivity index (χ3n) is 4.51. The van der Waals surface area contributed by atoms with Crippen LogP contribution < -0.4 is 4.74 Å². The number of hydrogen-bond acceptors (Lipinski definition) is 4. The number of piperazine rings is 1. The molecule has 6 heteroatoms. The van der Waals surface area contributed by atoms with Crippen molar-refractivity contribution in [3.8, 4) is 5.75 Å². The Labute approximate surface area is 147 Å². The van der Waals surface area contributed by atoms with Gasteiger partial charge in [-0.3, -0.25) is 9.59 Å². The summed E-state index contributed by atoms with van der Waals surface area (Å²) in [5.41, 5.74) is 0.633.